The van der Waals surface area contributed by atoms with Crippen LogP contribution < -0.4 is 20.7 Å². The second-order valence-corrected chi connectivity index (χ2v) is 8.89. The lowest BCUT2D eigenvalue weighted by atomic mass is 9.69. The fourth-order valence-corrected chi connectivity index (χ4v) is 5.16. The summed E-state index contributed by atoms with van der Waals surface area (Å²) in [6, 6.07) is 16.1. The molecular formula is C26H33N3O4. The van der Waals surface area contributed by atoms with Crippen molar-refractivity contribution >= 4 is 11.8 Å². The Morgan fingerprint density at radius 3 is 2.24 bits per heavy atom. The normalized spacial score (nSPS) is 20.7. The molecule has 7 nitrogen and oxygen atoms in total. The SMILES string of the molecule is CNC(=O)[C@@H]1CNC[C@@H](C(=O)NCC2(CCCOC)c3ccccc3Oc3ccccc32)C1. The molecule has 0 radical (unpaired) electrons. The summed E-state index contributed by atoms with van der Waals surface area (Å²) in [7, 11) is 3.34. The van der Waals surface area contributed by atoms with Crippen molar-refractivity contribution in [3.8, 4) is 11.5 Å². The fourth-order valence-electron chi connectivity index (χ4n) is 5.16. The van der Waals surface area contributed by atoms with E-state index in [0.717, 1.165) is 35.5 Å². The molecule has 2 atom stereocenters. The number of methoxy groups -OCH3 is 1. The number of ether oxygens (including phenoxy) is 2. The van der Waals surface area contributed by atoms with E-state index in [1.54, 1.807) is 14.2 Å². The predicted molar refractivity (Wildman–Crippen MR) is 126 cm³/mol. The predicted octanol–water partition coefficient (Wildman–Crippen LogP) is 2.59. The molecule has 1 fully saturated rings. The molecule has 0 aromatic heterocycles. The molecular weight excluding hydrogens is 418 g/mol. The fraction of sp³-hybridized carbons (Fsp3) is 0.462. The van der Waals surface area contributed by atoms with Gasteiger partial charge < -0.3 is 25.4 Å². The van der Waals surface area contributed by atoms with E-state index in [4.69, 9.17) is 9.47 Å². The molecule has 0 unspecified atom stereocenters. The largest absolute Gasteiger partial charge is 0.457 e. The van der Waals surface area contributed by atoms with Crippen LogP contribution in [0, 0.1) is 11.8 Å². The Labute approximate surface area is 195 Å². The van der Waals surface area contributed by atoms with Gasteiger partial charge in [-0.05, 0) is 31.4 Å². The third kappa shape index (κ3) is 4.75. The van der Waals surface area contributed by atoms with Crippen molar-refractivity contribution in [3.63, 3.8) is 0 Å². The molecule has 176 valence electrons. The maximum atomic E-state index is 13.3. The lowest BCUT2D eigenvalue weighted by molar-refractivity contribution is -0.129. The summed E-state index contributed by atoms with van der Waals surface area (Å²) in [5.74, 6) is 1.15. The van der Waals surface area contributed by atoms with Crippen LogP contribution in [0.2, 0.25) is 0 Å². The third-order valence-corrected chi connectivity index (χ3v) is 6.88. The molecule has 2 amide bonds. The molecule has 0 saturated carbocycles. The van der Waals surface area contributed by atoms with Gasteiger partial charge in [0.2, 0.25) is 11.8 Å². The van der Waals surface area contributed by atoms with E-state index in [1.165, 1.54) is 0 Å². The van der Waals surface area contributed by atoms with Crippen LogP contribution in [0.3, 0.4) is 0 Å². The van der Waals surface area contributed by atoms with E-state index in [0.29, 0.717) is 32.7 Å². The summed E-state index contributed by atoms with van der Waals surface area (Å²) in [5.41, 5.74) is 1.72. The van der Waals surface area contributed by atoms with Crippen LogP contribution >= 0.6 is 0 Å². The maximum Gasteiger partial charge on any atom is 0.224 e. The average Bonchev–Trinajstić information content (AvgIpc) is 2.87. The van der Waals surface area contributed by atoms with Crippen molar-refractivity contribution in [1.82, 2.24) is 16.0 Å². The minimum atomic E-state index is -0.429. The van der Waals surface area contributed by atoms with Gasteiger partial charge in [-0.1, -0.05) is 36.4 Å². The first-order valence-corrected chi connectivity index (χ1v) is 11.6. The molecule has 0 bridgehead atoms. The molecule has 2 aliphatic heterocycles. The van der Waals surface area contributed by atoms with Gasteiger partial charge in [0.1, 0.15) is 11.5 Å². The van der Waals surface area contributed by atoms with Gasteiger partial charge in [-0.2, -0.15) is 0 Å². The van der Waals surface area contributed by atoms with Gasteiger partial charge in [-0.25, -0.2) is 0 Å². The van der Waals surface area contributed by atoms with Crippen LogP contribution in [0.25, 0.3) is 0 Å². The molecule has 3 N–H and O–H groups in total. The zero-order valence-electron chi connectivity index (χ0n) is 19.4. The quantitative estimate of drug-likeness (QED) is 0.537. The number of rotatable bonds is 8. The summed E-state index contributed by atoms with van der Waals surface area (Å²) in [6.45, 7) is 2.27. The molecule has 1 saturated heterocycles. The van der Waals surface area contributed by atoms with E-state index in [9.17, 15) is 9.59 Å². The standard InChI is InChI=1S/C26H33N3O4/c1-27-24(30)18-14-19(16-28-15-18)25(31)29-17-26(12-7-13-32-2)20-8-3-5-10-22(20)33-23-11-6-4-9-21(23)26/h3-6,8-11,18-19,28H,7,12-17H2,1-2H3,(H,27,30)(H,29,31)/t18-,19-/m0/s1. The highest BCUT2D eigenvalue weighted by atomic mass is 16.5. The molecule has 2 heterocycles. The molecule has 7 heteroatoms. The summed E-state index contributed by atoms with van der Waals surface area (Å²) in [5, 5.41) is 9.18. The maximum absolute atomic E-state index is 13.3. The molecule has 2 aromatic carbocycles. The van der Waals surface area contributed by atoms with Crippen molar-refractivity contribution in [2.45, 2.75) is 24.7 Å². The summed E-state index contributed by atoms with van der Waals surface area (Å²) >= 11 is 0. The van der Waals surface area contributed by atoms with E-state index in [1.807, 2.05) is 36.4 Å². The third-order valence-electron chi connectivity index (χ3n) is 6.88. The average molecular weight is 452 g/mol. The number of hydrogen-bond acceptors (Lipinski definition) is 5. The monoisotopic (exact) mass is 451 g/mol. The van der Waals surface area contributed by atoms with Crippen LogP contribution in [0.5, 0.6) is 11.5 Å². The van der Waals surface area contributed by atoms with Gasteiger partial charge in [0.15, 0.2) is 0 Å². The molecule has 0 spiro atoms. The minimum absolute atomic E-state index is 0.0244. The zero-order valence-corrected chi connectivity index (χ0v) is 19.4. The Morgan fingerprint density at radius 2 is 1.64 bits per heavy atom. The van der Waals surface area contributed by atoms with Gasteiger partial charge in [0.05, 0.1) is 11.8 Å². The van der Waals surface area contributed by atoms with Crippen molar-refractivity contribution < 1.29 is 19.1 Å². The second kappa shape index (κ2) is 10.4. The molecule has 2 aromatic rings. The molecule has 4 rings (SSSR count). The van der Waals surface area contributed by atoms with Gasteiger partial charge in [-0.15, -0.1) is 0 Å². The van der Waals surface area contributed by atoms with E-state index < -0.39 is 5.41 Å². The summed E-state index contributed by atoms with van der Waals surface area (Å²) in [4.78, 5) is 25.4. The number of nitrogens with one attached hydrogen (secondary N) is 3. The summed E-state index contributed by atoms with van der Waals surface area (Å²) < 4.78 is 11.6. The van der Waals surface area contributed by atoms with Crippen molar-refractivity contribution in [2.24, 2.45) is 11.8 Å². The van der Waals surface area contributed by atoms with Gasteiger partial charge in [-0.3, -0.25) is 9.59 Å². The molecule has 0 aliphatic carbocycles. The minimum Gasteiger partial charge on any atom is -0.457 e. The number of amides is 2. The number of piperidine rings is 1. The van der Waals surface area contributed by atoms with E-state index >= 15 is 0 Å². The van der Waals surface area contributed by atoms with Crippen molar-refractivity contribution in [1.29, 1.82) is 0 Å². The Morgan fingerprint density at radius 1 is 1.03 bits per heavy atom. The highest BCUT2D eigenvalue weighted by Gasteiger charge is 2.42. The molecule has 33 heavy (non-hydrogen) atoms. The summed E-state index contributed by atoms with van der Waals surface area (Å²) in [6.07, 6.45) is 2.20. The van der Waals surface area contributed by atoms with E-state index in [-0.39, 0.29) is 23.7 Å². The van der Waals surface area contributed by atoms with Crippen LogP contribution in [-0.4, -0.2) is 52.2 Å². The van der Waals surface area contributed by atoms with Crippen molar-refractivity contribution in [3.05, 3.63) is 59.7 Å². The smallest absolute Gasteiger partial charge is 0.224 e. The first kappa shape index (κ1) is 23.3. The first-order chi connectivity index (χ1) is 16.1. The molecule has 2 aliphatic rings. The zero-order chi connectivity index (χ0) is 23.3. The van der Waals surface area contributed by atoms with Crippen LogP contribution in [-0.2, 0) is 19.7 Å². The number of fused-ring (bicyclic) bond motifs is 2. The van der Waals surface area contributed by atoms with Crippen molar-refractivity contribution in [2.75, 3.05) is 40.4 Å². The topological polar surface area (TPSA) is 88.7 Å². The number of benzene rings is 2. The van der Waals surface area contributed by atoms with E-state index in [2.05, 4.69) is 28.1 Å². The van der Waals surface area contributed by atoms with Gasteiger partial charge in [0.25, 0.3) is 0 Å². The van der Waals surface area contributed by atoms with Gasteiger partial charge >= 0.3 is 0 Å². The number of para-hydroxylation sites is 2. The van der Waals surface area contributed by atoms with Crippen LogP contribution in [0.15, 0.2) is 48.5 Å². The Balaban J connectivity index is 1.61. The number of carbonyl (C=O) groups excluding carboxylic acids is 2. The van der Waals surface area contributed by atoms with Gasteiger partial charge in [0, 0.05) is 56.9 Å². The highest BCUT2D eigenvalue weighted by Crippen LogP contribution is 2.50. The Bertz CT molecular complexity index is 948. The lowest BCUT2D eigenvalue weighted by Crippen LogP contribution is -2.50. The highest BCUT2D eigenvalue weighted by molar-refractivity contribution is 5.83. The Hall–Kier alpha value is -2.90. The van der Waals surface area contributed by atoms with Crippen LogP contribution in [0.1, 0.15) is 30.4 Å². The second-order valence-electron chi connectivity index (χ2n) is 8.89. The Kier molecular flexibility index (Phi) is 7.30. The number of carbonyl (C=O) groups is 2. The van der Waals surface area contributed by atoms with Crippen LogP contribution in [0.4, 0.5) is 0 Å². The first-order valence-electron chi connectivity index (χ1n) is 11.6. The lowest BCUT2D eigenvalue weighted by Gasteiger charge is -2.41. The number of hydrogen-bond donors (Lipinski definition) is 3.